The Morgan fingerprint density at radius 2 is 0.475 bits per heavy atom. The predicted octanol–water partition coefficient (Wildman–Crippen LogP) is 12.5. The number of esters is 5. The van der Waals surface area contributed by atoms with Gasteiger partial charge in [-0.15, -0.1) is 0 Å². The van der Waals surface area contributed by atoms with E-state index in [4.69, 9.17) is 23.7 Å². The molecule has 10 unspecified atom stereocenters. The number of carbonyl (C=O) groups is 5. The summed E-state index contributed by atoms with van der Waals surface area (Å²) in [4.78, 5) is 62.2. The first kappa shape index (κ1) is 79.0. The molecule has 101 heavy (non-hydrogen) atoms. The third-order valence-electron chi connectivity index (χ3n) is 29.1. The molecular weight excluding hydrogens is 1290 g/mol. The third kappa shape index (κ3) is 15.8. The molecule has 0 aliphatic heterocycles. The van der Waals surface area contributed by atoms with Crippen molar-refractivity contribution in [3.05, 3.63) is 0 Å². The monoisotopic (exact) mass is 1420 g/mol. The highest BCUT2D eigenvalue weighted by Crippen LogP contribution is 2.69. The molecule has 0 aromatic rings. The highest BCUT2D eigenvalue weighted by molar-refractivity contribution is 5.78. The number of hydrogen-bond acceptors (Lipinski definition) is 19. The Morgan fingerprint density at radius 1 is 0.257 bits per heavy atom. The van der Waals surface area contributed by atoms with E-state index < -0.39 is 99.9 Å². The van der Waals surface area contributed by atoms with E-state index >= 15 is 0 Å². The zero-order valence-corrected chi connectivity index (χ0v) is 65.2. The highest BCUT2D eigenvalue weighted by Gasteiger charge is 2.72. The zero-order chi connectivity index (χ0) is 75.0. The summed E-state index contributed by atoms with van der Waals surface area (Å²) in [5, 5.41) is 96.4. The maximum atomic E-state index is 12.5. The minimum atomic E-state index is -1.13. The summed E-state index contributed by atoms with van der Waals surface area (Å²) >= 11 is 0. The second-order valence-corrected chi connectivity index (χ2v) is 42.8. The molecule has 10 atom stereocenters. The second kappa shape index (κ2) is 24.8. The van der Waals surface area contributed by atoms with Crippen molar-refractivity contribution >= 4 is 29.8 Å². The molecule has 20 aliphatic rings. The van der Waals surface area contributed by atoms with E-state index in [9.17, 15) is 69.9 Å². The Morgan fingerprint density at radius 3 is 0.772 bits per heavy atom. The average molecular weight is 1420 g/mol. The van der Waals surface area contributed by atoms with Crippen molar-refractivity contribution in [2.45, 2.75) is 421 Å². The zero-order valence-electron chi connectivity index (χ0n) is 65.2. The van der Waals surface area contributed by atoms with Crippen LogP contribution in [0.25, 0.3) is 0 Å². The molecular formula is C82H134O19. The standard InChI is InChI=1S/C17H28O4.C17H28O3.C16H26O5.C16H26O4.C16H26O3/c1-5-13(2,3)12(18)21-17-8-14(4)6-15(19,10-17)9-16(20,7-14)11-17;1-5-14(2,3)13(18)20-17-8-12-6-15(4,10-17)9-16(19,7-12)11-17;1-4-12(2,3)11(17)21-16-8-13(18)5-14(19,9-16)7-15(20,6-13)10-16;1-4-13(2,3)12(17)20-16-7-11-5-14(18,9-16)8-15(19,6-11)10-16;1-4-14(2,3)13(17)19-16-8-11-5-12(9-16)7-15(18,6-11)10-16/h19-20H,5-11H2,1-4H3;12,19H,5-11H2,1-4H3;18-20H,4-10H2,1-3H3;11,18-19H,4-10H2,1-3H3;11-12,18H,4-10H2,1-3H3. The van der Waals surface area contributed by atoms with Gasteiger partial charge in [-0.2, -0.15) is 0 Å². The van der Waals surface area contributed by atoms with E-state index in [2.05, 4.69) is 13.8 Å². The van der Waals surface area contributed by atoms with Crippen LogP contribution in [0.2, 0.25) is 0 Å². The van der Waals surface area contributed by atoms with Crippen LogP contribution in [0.4, 0.5) is 0 Å². The Bertz CT molecular complexity index is 2880. The summed E-state index contributed by atoms with van der Waals surface area (Å²) in [6.45, 7) is 33.3. The van der Waals surface area contributed by atoms with Gasteiger partial charge in [0.1, 0.15) is 28.0 Å². The molecule has 0 heterocycles. The van der Waals surface area contributed by atoms with Gasteiger partial charge in [0.2, 0.25) is 0 Å². The quantitative estimate of drug-likeness (QED) is 0.0543. The molecule has 0 amide bonds. The largest absolute Gasteiger partial charge is 0.459 e. The normalized spacial score (nSPS) is 47.0. The molecule has 0 aromatic carbocycles. The fourth-order valence-electron chi connectivity index (χ4n) is 25.4. The van der Waals surface area contributed by atoms with Crippen LogP contribution < -0.4 is 0 Å². The van der Waals surface area contributed by atoms with Crippen LogP contribution in [0, 0.1) is 61.6 Å². The van der Waals surface area contributed by atoms with Gasteiger partial charge in [-0.3, -0.25) is 24.0 Å². The summed E-state index contributed by atoms with van der Waals surface area (Å²) in [7, 11) is 0. The SMILES string of the molecule is CCC(C)(C)C(=O)OC12CC3(C)CC(O)(CC(O)(C3)C1)C2.CCC(C)(C)C(=O)OC12CC3(O)CC(O)(CC(O)(C3)C1)C2.CCC(C)(C)C(=O)OC12CC3CC(C)(CC(O)(C3)C1)C2.CCC(C)(C)C(=O)OC12CC3CC(CC(O)(C3)C1)C2.CCC(C)(C)C(=O)OC12CC3CC(O)(CC(O)(C3)C1)C2. The van der Waals surface area contributed by atoms with Gasteiger partial charge in [-0.25, -0.2) is 0 Å². The molecule has 9 N–H and O–H groups in total. The molecule has 20 fully saturated rings. The molecule has 0 saturated heterocycles. The van der Waals surface area contributed by atoms with Gasteiger partial charge in [0.15, 0.2) is 0 Å². The van der Waals surface area contributed by atoms with Crippen LogP contribution >= 0.6 is 0 Å². The van der Waals surface area contributed by atoms with Crippen LogP contribution in [-0.4, -0.2) is 154 Å². The maximum Gasteiger partial charge on any atom is 0.312 e. The van der Waals surface area contributed by atoms with Crippen LogP contribution in [0.1, 0.15) is 342 Å². The van der Waals surface area contributed by atoms with Gasteiger partial charge in [0.25, 0.3) is 0 Å². The lowest BCUT2D eigenvalue weighted by atomic mass is 9.45. The van der Waals surface area contributed by atoms with E-state index in [1.807, 2.05) is 104 Å². The Balaban J connectivity index is 0.000000127. The molecule has 0 aromatic heterocycles. The summed E-state index contributed by atoms with van der Waals surface area (Å²) in [6, 6.07) is 0. The van der Waals surface area contributed by atoms with Crippen molar-refractivity contribution in [2.75, 3.05) is 0 Å². The fourth-order valence-corrected chi connectivity index (χ4v) is 25.4. The van der Waals surface area contributed by atoms with Gasteiger partial charge in [0, 0.05) is 89.9 Å². The maximum absolute atomic E-state index is 12.5. The van der Waals surface area contributed by atoms with Gasteiger partial charge < -0.3 is 69.6 Å². The van der Waals surface area contributed by atoms with Crippen molar-refractivity contribution in [3.8, 4) is 0 Å². The molecule has 19 heteroatoms. The minimum Gasteiger partial charge on any atom is -0.459 e. The van der Waals surface area contributed by atoms with Crippen molar-refractivity contribution in [1.29, 1.82) is 0 Å². The highest BCUT2D eigenvalue weighted by atomic mass is 16.6. The third-order valence-corrected chi connectivity index (χ3v) is 29.1. The number of aliphatic hydroxyl groups is 9. The van der Waals surface area contributed by atoms with Crippen LogP contribution in [-0.2, 0) is 47.7 Å². The summed E-state index contributed by atoms with van der Waals surface area (Å²) in [5.74, 6) is 1.03. The Kier molecular flexibility index (Phi) is 19.4. The van der Waals surface area contributed by atoms with Gasteiger partial charge in [0.05, 0.1) is 77.5 Å². The molecule has 19 nitrogen and oxygen atoms in total. The van der Waals surface area contributed by atoms with Crippen molar-refractivity contribution in [3.63, 3.8) is 0 Å². The van der Waals surface area contributed by atoms with E-state index in [1.165, 1.54) is 12.8 Å². The number of hydrogen-bond donors (Lipinski definition) is 9. The minimum absolute atomic E-state index is 0.0828. The average Bonchev–Trinajstić information content (AvgIpc) is 0.714. The number of ether oxygens (including phenoxy) is 5. The van der Waals surface area contributed by atoms with Crippen LogP contribution in [0.3, 0.4) is 0 Å². The number of carbonyl (C=O) groups excluding carboxylic acids is 5. The van der Waals surface area contributed by atoms with Crippen molar-refractivity contribution in [2.24, 2.45) is 61.6 Å². The lowest BCUT2D eigenvalue weighted by Crippen LogP contribution is -2.72. The first-order valence-corrected chi connectivity index (χ1v) is 39.5. The van der Waals surface area contributed by atoms with Crippen molar-refractivity contribution < 1.29 is 93.6 Å². The van der Waals surface area contributed by atoms with Gasteiger partial charge in [-0.05, 0) is 239 Å². The van der Waals surface area contributed by atoms with E-state index in [0.29, 0.717) is 114 Å². The Labute approximate surface area is 603 Å². The first-order chi connectivity index (χ1) is 45.8. The molecule has 20 bridgehead atoms. The molecule has 20 aliphatic carbocycles. The van der Waals surface area contributed by atoms with E-state index in [-0.39, 0.29) is 71.5 Å². The second-order valence-electron chi connectivity index (χ2n) is 42.8. The van der Waals surface area contributed by atoms with Gasteiger partial charge >= 0.3 is 29.8 Å². The van der Waals surface area contributed by atoms with Crippen LogP contribution in [0.15, 0.2) is 0 Å². The topological polar surface area (TPSA) is 314 Å². The molecule has 0 spiro atoms. The van der Waals surface area contributed by atoms with Gasteiger partial charge in [-0.1, -0.05) is 48.5 Å². The molecule has 20 rings (SSSR count). The lowest BCUT2D eigenvalue weighted by molar-refractivity contribution is -0.303. The predicted molar refractivity (Wildman–Crippen MR) is 378 cm³/mol. The molecule has 0 radical (unpaired) electrons. The fraction of sp³-hybridized carbons (Fsp3) is 0.939. The van der Waals surface area contributed by atoms with Crippen LogP contribution in [0.5, 0.6) is 0 Å². The number of rotatable bonds is 15. The smallest absolute Gasteiger partial charge is 0.312 e. The summed E-state index contributed by atoms with van der Waals surface area (Å²) in [6.07, 6.45) is 23.8. The lowest BCUT2D eigenvalue weighted by Gasteiger charge is -2.66. The summed E-state index contributed by atoms with van der Waals surface area (Å²) < 4.78 is 29.6. The van der Waals surface area contributed by atoms with E-state index in [0.717, 1.165) is 96.3 Å². The first-order valence-electron chi connectivity index (χ1n) is 39.5. The van der Waals surface area contributed by atoms with Crippen molar-refractivity contribution in [1.82, 2.24) is 0 Å². The van der Waals surface area contributed by atoms with E-state index in [1.54, 1.807) is 0 Å². The molecule has 576 valence electrons. The molecule has 20 saturated carbocycles. The Hall–Kier alpha value is -3.01. The summed E-state index contributed by atoms with van der Waals surface area (Å²) in [5.41, 5.74) is -13.4.